The number of rotatable bonds is 8. The maximum atomic E-state index is 11.9. The fraction of sp³-hybridized carbons (Fsp3) is 0.562. The highest BCUT2D eigenvalue weighted by Gasteiger charge is 2.38. The van der Waals surface area contributed by atoms with E-state index in [1.165, 1.54) is 7.11 Å². The Hall–Kier alpha value is -1.55. The van der Waals surface area contributed by atoms with E-state index in [0.29, 0.717) is 19.1 Å². The number of carbonyl (C=O) groups excluding carboxylic acids is 1. The van der Waals surface area contributed by atoms with Crippen LogP contribution in [0.1, 0.15) is 32.6 Å². The summed E-state index contributed by atoms with van der Waals surface area (Å²) in [7, 11) is 1.44. The van der Waals surface area contributed by atoms with E-state index in [-0.39, 0.29) is 5.97 Å². The van der Waals surface area contributed by atoms with Gasteiger partial charge in [0.15, 0.2) is 0 Å². The molecule has 4 nitrogen and oxygen atoms in total. The molecule has 0 amide bonds. The number of esters is 1. The molecule has 1 aromatic rings. The van der Waals surface area contributed by atoms with Gasteiger partial charge in [0.25, 0.3) is 0 Å². The Balaban J connectivity index is 1.78. The minimum absolute atomic E-state index is 0.191. The third-order valence-electron chi connectivity index (χ3n) is 3.57. The minimum Gasteiger partial charge on any atom is -0.494 e. The van der Waals surface area contributed by atoms with Gasteiger partial charge in [-0.15, -0.1) is 0 Å². The summed E-state index contributed by atoms with van der Waals surface area (Å²) in [5, 5.41) is 3.39. The quantitative estimate of drug-likeness (QED) is 0.586. The van der Waals surface area contributed by atoms with Crippen LogP contribution in [0.2, 0.25) is 0 Å². The van der Waals surface area contributed by atoms with Crippen LogP contribution >= 0.6 is 0 Å². The van der Waals surface area contributed by atoms with Gasteiger partial charge in [-0.1, -0.05) is 18.2 Å². The molecule has 1 fully saturated rings. The summed E-state index contributed by atoms with van der Waals surface area (Å²) in [6.45, 7) is 2.52. The number of methoxy groups -OCH3 is 1. The van der Waals surface area contributed by atoms with Crippen molar-refractivity contribution in [1.29, 1.82) is 0 Å². The van der Waals surface area contributed by atoms with Crippen LogP contribution in [0, 0.1) is 0 Å². The van der Waals surface area contributed by atoms with E-state index >= 15 is 0 Å². The normalized spacial score (nSPS) is 17.3. The Morgan fingerprint density at radius 2 is 2.05 bits per heavy atom. The Morgan fingerprint density at radius 1 is 1.35 bits per heavy atom. The Labute approximate surface area is 120 Å². The van der Waals surface area contributed by atoms with Gasteiger partial charge in [-0.3, -0.25) is 10.1 Å². The topological polar surface area (TPSA) is 47.6 Å². The molecule has 0 saturated heterocycles. The summed E-state index contributed by atoms with van der Waals surface area (Å²) < 4.78 is 10.6. The molecule has 0 aliphatic heterocycles. The Kier molecular flexibility index (Phi) is 5.01. The maximum Gasteiger partial charge on any atom is 0.325 e. The van der Waals surface area contributed by atoms with Crippen LogP contribution in [-0.2, 0) is 9.53 Å². The lowest BCUT2D eigenvalue weighted by Gasteiger charge is -2.28. The standard InChI is InChI=1S/C16H23NO3/c1-16(15(18)19-2,17-13-9-10-13)11-6-12-20-14-7-4-3-5-8-14/h3-5,7-8,13,17H,6,9-12H2,1-2H3. The molecule has 1 unspecified atom stereocenters. The zero-order chi connectivity index (χ0) is 14.4. The number of benzene rings is 1. The summed E-state index contributed by atoms with van der Waals surface area (Å²) in [5.74, 6) is 0.673. The van der Waals surface area contributed by atoms with Crippen molar-refractivity contribution in [3.8, 4) is 5.75 Å². The van der Waals surface area contributed by atoms with Crippen LogP contribution in [0.15, 0.2) is 30.3 Å². The average Bonchev–Trinajstić information content (AvgIpc) is 3.27. The van der Waals surface area contributed by atoms with Crippen molar-refractivity contribution in [2.24, 2.45) is 0 Å². The number of hydrogen-bond acceptors (Lipinski definition) is 4. The molecule has 20 heavy (non-hydrogen) atoms. The van der Waals surface area contributed by atoms with E-state index in [9.17, 15) is 4.79 Å². The summed E-state index contributed by atoms with van der Waals surface area (Å²) in [5.41, 5.74) is -0.601. The minimum atomic E-state index is -0.601. The third-order valence-corrected chi connectivity index (χ3v) is 3.57. The lowest BCUT2D eigenvalue weighted by atomic mass is 9.96. The fourth-order valence-corrected chi connectivity index (χ4v) is 2.27. The lowest BCUT2D eigenvalue weighted by molar-refractivity contribution is -0.148. The molecule has 1 N–H and O–H groups in total. The first-order chi connectivity index (χ1) is 9.64. The summed E-state index contributed by atoms with van der Waals surface area (Å²) in [6.07, 6.45) is 3.81. The van der Waals surface area contributed by atoms with Crippen LogP contribution in [0.5, 0.6) is 5.75 Å². The highest BCUT2D eigenvalue weighted by molar-refractivity contribution is 5.80. The van der Waals surface area contributed by atoms with E-state index in [2.05, 4.69) is 5.32 Å². The van der Waals surface area contributed by atoms with Gasteiger partial charge in [0, 0.05) is 6.04 Å². The zero-order valence-corrected chi connectivity index (χ0v) is 12.2. The number of hydrogen-bond donors (Lipinski definition) is 1. The zero-order valence-electron chi connectivity index (χ0n) is 12.2. The molecule has 0 spiro atoms. The van der Waals surface area contributed by atoms with Crippen molar-refractivity contribution in [2.75, 3.05) is 13.7 Å². The molecular formula is C16H23NO3. The monoisotopic (exact) mass is 277 g/mol. The smallest absolute Gasteiger partial charge is 0.325 e. The molecule has 1 atom stereocenters. The van der Waals surface area contributed by atoms with Crippen molar-refractivity contribution in [3.05, 3.63) is 30.3 Å². The van der Waals surface area contributed by atoms with Crippen LogP contribution in [0.4, 0.5) is 0 Å². The van der Waals surface area contributed by atoms with Crippen LogP contribution < -0.4 is 10.1 Å². The van der Waals surface area contributed by atoms with Crippen molar-refractivity contribution < 1.29 is 14.3 Å². The number of para-hydroxylation sites is 1. The Bertz CT molecular complexity index is 431. The highest BCUT2D eigenvalue weighted by atomic mass is 16.5. The van der Waals surface area contributed by atoms with Gasteiger partial charge in [0.05, 0.1) is 13.7 Å². The molecule has 1 aliphatic rings. The molecule has 4 heteroatoms. The molecule has 1 aliphatic carbocycles. The molecule has 0 bridgehead atoms. The summed E-state index contributed by atoms with van der Waals surface area (Å²) in [6, 6.07) is 10.2. The molecule has 0 radical (unpaired) electrons. The first-order valence-corrected chi connectivity index (χ1v) is 7.18. The number of ether oxygens (including phenoxy) is 2. The van der Waals surface area contributed by atoms with Crippen LogP contribution in [0.25, 0.3) is 0 Å². The van der Waals surface area contributed by atoms with Gasteiger partial charge >= 0.3 is 5.97 Å². The SMILES string of the molecule is COC(=O)C(C)(CCCOc1ccccc1)NC1CC1. The first kappa shape index (κ1) is 14.9. The lowest BCUT2D eigenvalue weighted by Crippen LogP contribution is -2.51. The molecule has 1 saturated carbocycles. The van der Waals surface area contributed by atoms with Crippen molar-refractivity contribution in [1.82, 2.24) is 5.32 Å². The largest absolute Gasteiger partial charge is 0.494 e. The Morgan fingerprint density at radius 3 is 2.65 bits per heavy atom. The molecule has 1 aromatic carbocycles. The van der Waals surface area contributed by atoms with E-state index in [4.69, 9.17) is 9.47 Å². The predicted octanol–water partition coefficient (Wildman–Crippen LogP) is 2.53. The van der Waals surface area contributed by atoms with Crippen molar-refractivity contribution >= 4 is 5.97 Å². The molecule has 0 aromatic heterocycles. The van der Waals surface area contributed by atoms with Gasteiger partial charge in [-0.05, 0) is 44.7 Å². The maximum absolute atomic E-state index is 11.9. The summed E-state index contributed by atoms with van der Waals surface area (Å²) >= 11 is 0. The van der Waals surface area contributed by atoms with Gasteiger partial charge in [0.2, 0.25) is 0 Å². The molecular weight excluding hydrogens is 254 g/mol. The highest BCUT2D eigenvalue weighted by Crippen LogP contribution is 2.25. The van der Waals surface area contributed by atoms with E-state index in [1.54, 1.807) is 0 Å². The van der Waals surface area contributed by atoms with Gasteiger partial charge < -0.3 is 9.47 Å². The second-order valence-corrected chi connectivity index (χ2v) is 5.51. The van der Waals surface area contributed by atoms with Gasteiger partial charge in [-0.25, -0.2) is 0 Å². The summed E-state index contributed by atoms with van der Waals surface area (Å²) in [4.78, 5) is 11.9. The van der Waals surface area contributed by atoms with E-state index in [1.807, 2.05) is 37.3 Å². The fourth-order valence-electron chi connectivity index (χ4n) is 2.27. The van der Waals surface area contributed by atoms with Crippen molar-refractivity contribution in [3.63, 3.8) is 0 Å². The molecule has 2 rings (SSSR count). The molecule has 0 heterocycles. The predicted molar refractivity (Wildman–Crippen MR) is 77.7 cm³/mol. The van der Waals surface area contributed by atoms with Gasteiger partial charge in [-0.2, -0.15) is 0 Å². The van der Waals surface area contributed by atoms with E-state index < -0.39 is 5.54 Å². The average molecular weight is 277 g/mol. The number of nitrogens with one attached hydrogen (secondary N) is 1. The van der Waals surface area contributed by atoms with E-state index in [0.717, 1.165) is 25.0 Å². The second-order valence-electron chi connectivity index (χ2n) is 5.51. The van der Waals surface area contributed by atoms with Crippen LogP contribution in [-0.4, -0.2) is 31.3 Å². The van der Waals surface area contributed by atoms with Crippen molar-refractivity contribution in [2.45, 2.75) is 44.2 Å². The number of carbonyl (C=O) groups is 1. The van der Waals surface area contributed by atoms with Crippen LogP contribution in [0.3, 0.4) is 0 Å². The van der Waals surface area contributed by atoms with Gasteiger partial charge in [0.1, 0.15) is 11.3 Å². The third kappa shape index (κ3) is 4.23. The first-order valence-electron chi connectivity index (χ1n) is 7.18. The second kappa shape index (κ2) is 6.75. The molecule has 110 valence electrons.